The molecule has 1 aliphatic heterocycles. The second-order valence-electron chi connectivity index (χ2n) is 7.64. The number of hydrogen-bond donors (Lipinski definition) is 1. The molecule has 6 nitrogen and oxygen atoms in total. The van der Waals surface area contributed by atoms with E-state index < -0.39 is 0 Å². The number of rotatable bonds is 5. The van der Waals surface area contributed by atoms with Crippen molar-refractivity contribution in [3.05, 3.63) is 71.3 Å². The van der Waals surface area contributed by atoms with Crippen LogP contribution in [0.1, 0.15) is 29.7 Å². The van der Waals surface area contributed by atoms with Gasteiger partial charge in [-0.05, 0) is 35.2 Å². The van der Waals surface area contributed by atoms with E-state index in [4.69, 9.17) is 0 Å². The fraction of sp³-hybridized carbons (Fsp3) is 0.348. The average Bonchev–Trinajstić information content (AvgIpc) is 3.00. The zero-order valence-electron chi connectivity index (χ0n) is 17.1. The van der Waals surface area contributed by atoms with E-state index in [9.17, 15) is 4.79 Å². The van der Waals surface area contributed by atoms with E-state index in [1.165, 1.54) is 29.2 Å². The molecule has 6 heteroatoms. The molecule has 0 atom stereocenters. The van der Waals surface area contributed by atoms with Crippen molar-refractivity contribution >= 4 is 5.91 Å². The molecule has 1 amide bonds. The molecular formula is C23H27N5O. The van der Waals surface area contributed by atoms with Gasteiger partial charge in [-0.15, -0.1) is 10.2 Å². The maximum absolute atomic E-state index is 11.2. The van der Waals surface area contributed by atoms with Crippen LogP contribution in [0.15, 0.2) is 48.5 Å². The first-order valence-corrected chi connectivity index (χ1v) is 10.1. The Labute approximate surface area is 171 Å². The number of nitrogens with one attached hydrogen (secondary N) is 1. The second-order valence-corrected chi connectivity index (χ2v) is 7.64. The highest BCUT2D eigenvalue weighted by molar-refractivity contribution is 5.72. The number of amides is 1. The number of aryl methyl sites for hydroxylation is 1. The Bertz CT molecular complexity index is 1010. The summed E-state index contributed by atoms with van der Waals surface area (Å²) in [4.78, 5) is 13.7. The predicted octanol–water partition coefficient (Wildman–Crippen LogP) is 2.95. The lowest BCUT2D eigenvalue weighted by Gasteiger charge is -2.20. The number of benzene rings is 2. The summed E-state index contributed by atoms with van der Waals surface area (Å²) < 4.78 is 2.15. The van der Waals surface area contributed by atoms with Crippen LogP contribution in [-0.2, 0) is 30.8 Å². The van der Waals surface area contributed by atoms with Gasteiger partial charge in [-0.25, -0.2) is 0 Å². The normalized spacial score (nSPS) is 14.3. The monoisotopic (exact) mass is 389 g/mol. The SMILES string of the molecule is CC(=O)NCc1nnc2n1CCN(Cc1cccc(-c3ccccc3C)c1)CC2. The Kier molecular flexibility index (Phi) is 5.71. The molecule has 0 saturated carbocycles. The molecule has 4 rings (SSSR count). The molecule has 3 aromatic rings. The van der Waals surface area contributed by atoms with E-state index in [0.717, 1.165) is 44.2 Å². The minimum Gasteiger partial charge on any atom is -0.349 e. The van der Waals surface area contributed by atoms with Crippen LogP contribution < -0.4 is 5.32 Å². The molecule has 0 radical (unpaired) electrons. The maximum Gasteiger partial charge on any atom is 0.217 e. The minimum atomic E-state index is -0.0499. The van der Waals surface area contributed by atoms with E-state index >= 15 is 0 Å². The van der Waals surface area contributed by atoms with Crippen LogP contribution in [0.25, 0.3) is 11.1 Å². The van der Waals surface area contributed by atoms with Gasteiger partial charge in [0.1, 0.15) is 5.82 Å². The van der Waals surface area contributed by atoms with Crippen molar-refractivity contribution in [2.45, 2.75) is 39.9 Å². The maximum atomic E-state index is 11.2. The van der Waals surface area contributed by atoms with Gasteiger partial charge in [0.05, 0.1) is 6.54 Å². The highest BCUT2D eigenvalue weighted by atomic mass is 16.1. The highest BCUT2D eigenvalue weighted by Gasteiger charge is 2.19. The molecule has 0 fully saturated rings. The van der Waals surface area contributed by atoms with Gasteiger partial charge < -0.3 is 9.88 Å². The Hall–Kier alpha value is -2.99. The fourth-order valence-electron chi connectivity index (χ4n) is 3.91. The number of carbonyl (C=O) groups is 1. The van der Waals surface area contributed by atoms with Crippen molar-refractivity contribution in [2.75, 3.05) is 13.1 Å². The quantitative estimate of drug-likeness (QED) is 0.729. The van der Waals surface area contributed by atoms with Gasteiger partial charge in [0.25, 0.3) is 0 Å². The Morgan fingerprint density at radius 2 is 1.93 bits per heavy atom. The van der Waals surface area contributed by atoms with Crippen molar-refractivity contribution in [3.8, 4) is 11.1 Å². The summed E-state index contributed by atoms with van der Waals surface area (Å²) in [5.41, 5.74) is 5.18. The third-order valence-electron chi connectivity index (χ3n) is 5.48. The largest absolute Gasteiger partial charge is 0.349 e. The lowest BCUT2D eigenvalue weighted by atomic mass is 9.99. The smallest absolute Gasteiger partial charge is 0.217 e. The molecule has 2 aromatic carbocycles. The molecule has 1 aromatic heterocycles. The van der Waals surface area contributed by atoms with Crippen molar-refractivity contribution in [2.24, 2.45) is 0 Å². The summed E-state index contributed by atoms with van der Waals surface area (Å²) >= 11 is 0. The van der Waals surface area contributed by atoms with Crippen LogP contribution in [0.3, 0.4) is 0 Å². The van der Waals surface area contributed by atoms with Crippen LogP contribution in [0, 0.1) is 6.92 Å². The van der Waals surface area contributed by atoms with Crippen molar-refractivity contribution in [1.82, 2.24) is 25.0 Å². The fourth-order valence-corrected chi connectivity index (χ4v) is 3.91. The standard InChI is InChI=1S/C23H27N5O/c1-17-6-3-4-9-21(17)20-8-5-7-19(14-20)16-27-11-10-22-25-26-23(15-24-18(2)29)28(22)13-12-27/h3-9,14H,10-13,15-16H2,1-2H3,(H,24,29). The van der Waals surface area contributed by atoms with E-state index in [1.54, 1.807) is 0 Å². The van der Waals surface area contributed by atoms with Crippen molar-refractivity contribution in [1.29, 1.82) is 0 Å². The van der Waals surface area contributed by atoms with Gasteiger partial charge in [-0.1, -0.05) is 42.5 Å². The summed E-state index contributed by atoms with van der Waals surface area (Å²) in [7, 11) is 0. The van der Waals surface area contributed by atoms with Crippen LogP contribution in [-0.4, -0.2) is 38.7 Å². The summed E-state index contributed by atoms with van der Waals surface area (Å²) in [6.07, 6.45) is 0.866. The molecule has 2 heterocycles. The van der Waals surface area contributed by atoms with Gasteiger partial charge in [-0.3, -0.25) is 9.69 Å². The van der Waals surface area contributed by atoms with Crippen LogP contribution in [0.4, 0.5) is 0 Å². The third-order valence-corrected chi connectivity index (χ3v) is 5.48. The Morgan fingerprint density at radius 1 is 1.07 bits per heavy atom. The first kappa shape index (κ1) is 19.3. The molecule has 0 saturated heterocycles. The number of carbonyl (C=O) groups excluding carboxylic acids is 1. The van der Waals surface area contributed by atoms with Crippen LogP contribution in [0.5, 0.6) is 0 Å². The molecule has 1 N–H and O–H groups in total. The number of hydrogen-bond acceptors (Lipinski definition) is 4. The minimum absolute atomic E-state index is 0.0499. The van der Waals surface area contributed by atoms with E-state index in [-0.39, 0.29) is 5.91 Å². The summed E-state index contributed by atoms with van der Waals surface area (Å²) in [6, 6.07) is 17.4. The molecular weight excluding hydrogens is 362 g/mol. The first-order chi connectivity index (χ1) is 14.1. The van der Waals surface area contributed by atoms with Gasteiger partial charge >= 0.3 is 0 Å². The topological polar surface area (TPSA) is 63.1 Å². The zero-order chi connectivity index (χ0) is 20.2. The van der Waals surface area contributed by atoms with Gasteiger partial charge in [-0.2, -0.15) is 0 Å². The average molecular weight is 390 g/mol. The van der Waals surface area contributed by atoms with Gasteiger partial charge in [0.15, 0.2) is 5.82 Å². The summed E-state index contributed by atoms with van der Waals surface area (Å²) in [5, 5.41) is 11.4. The molecule has 1 aliphatic rings. The number of fused-ring (bicyclic) bond motifs is 1. The molecule has 0 spiro atoms. The summed E-state index contributed by atoms with van der Waals surface area (Å²) in [6.45, 7) is 7.76. The van der Waals surface area contributed by atoms with Crippen molar-refractivity contribution in [3.63, 3.8) is 0 Å². The predicted molar refractivity (Wildman–Crippen MR) is 113 cm³/mol. The van der Waals surface area contributed by atoms with Gasteiger partial charge in [0, 0.05) is 39.5 Å². The van der Waals surface area contributed by atoms with Crippen molar-refractivity contribution < 1.29 is 4.79 Å². The van der Waals surface area contributed by atoms with E-state index in [2.05, 4.69) is 80.4 Å². The number of aromatic nitrogens is 3. The van der Waals surface area contributed by atoms with Crippen LogP contribution in [0.2, 0.25) is 0 Å². The number of nitrogens with zero attached hydrogens (tertiary/aromatic N) is 4. The molecule has 0 bridgehead atoms. The first-order valence-electron chi connectivity index (χ1n) is 10.1. The Morgan fingerprint density at radius 3 is 2.76 bits per heavy atom. The molecule has 29 heavy (non-hydrogen) atoms. The van der Waals surface area contributed by atoms with E-state index in [0.29, 0.717) is 6.54 Å². The third kappa shape index (κ3) is 4.54. The highest BCUT2D eigenvalue weighted by Crippen LogP contribution is 2.24. The lowest BCUT2D eigenvalue weighted by molar-refractivity contribution is -0.119. The molecule has 150 valence electrons. The van der Waals surface area contributed by atoms with E-state index in [1.807, 2.05) is 0 Å². The Balaban J connectivity index is 1.44. The molecule has 0 aliphatic carbocycles. The van der Waals surface area contributed by atoms with Gasteiger partial charge in [0.2, 0.25) is 5.91 Å². The summed E-state index contributed by atoms with van der Waals surface area (Å²) in [5.74, 6) is 1.78. The lowest BCUT2D eigenvalue weighted by Crippen LogP contribution is -2.27. The van der Waals surface area contributed by atoms with Crippen LogP contribution >= 0.6 is 0 Å². The second kappa shape index (κ2) is 8.57. The zero-order valence-corrected chi connectivity index (χ0v) is 17.1. The molecule has 0 unspecified atom stereocenters.